The van der Waals surface area contributed by atoms with E-state index in [1.807, 2.05) is 24.3 Å². The fraction of sp³-hybridized carbons (Fsp3) is 0.167. The van der Waals surface area contributed by atoms with E-state index in [0.29, 0.717) is 11.4 Å². The molecule has 1 aromatic carbocycles. The van der Waals surface area contributed by atoms with Crippen molar-refractivity contribution in [1.82, 2.24) is 10.2 Å². The first-order valence-electron chi connectivity index (χ1n) is 4.95. The lowest BCUT2D eigenvalue weighted by molar-refractivity contribution is 0.178. The fourth-order valence-corrected chi connectivity index (χ4v) is 1.70. The van der Waals surface area contributed by atoms with Crippen molar-refractivity contribution in [2.45, 2.75) is 12.5 Å². The highest BCUT2D eigenvalue weighted by atomic mass is 35.5. The minimum absolute atomic E-state index is 0.478. The average molecular weight is 235 g/mol. The second-order valence-corrected chi connectivity index (χ2v) is 3.89. The van der Waals surface area contributed by atoms with E-state index in [9.17, 15) is 5.11 Å². The van der Waals surface area contributed by atoms with Gasteiger partial charge in [0, 0.05) is 23.2 Å². The average Bonchev–Trinajstić information content (AvgIpc) is 2.33. The van der Waals surface area contributed by atoms with Crippen molar-refractivity contribution in [3.8, 4) is 0 Å². The molecule has 0 spiro atoms. The van der Waals surface area contributed by atoms with Crippen molar-refractivity contribution >= 4 is 11.6 Å². The number of benzene rings is 1. The summed E-state index contributed by atoms with van der Waals surface area (Å²) in [5, 5.41) is 18.0. The van der Waals surface area contributed by atoms with Gasteiger partial charge in [0.05, 0.1) is 12.3 Å². The lowest BCUT2D eigenvalue weighted by Gasteiger charge is -2.11. The summed E-state index contributed by atoms with van der Waals surface area (Å²) in [5.41, 5.74) is 1.67. The molecule has 4 heteroatoms. The Morgan fingerprint density at radius 3 is 2.69 bits per heavy atom. The number of hydrogen-bond donors (Lipinski definition) is 1. The number of hydrogen-bond acceptors (Lipinski definition) is 3. The quantitative estimate of drug-likeness (QED) is 0.887. The van der Waals surface area contributed by atoms with Crippen LogP contribution in [0.3, 0.4) is 0 Å². The van der Waals surface area contributed by atoms with E-state index in [0.717, 1.165) is 11.1 Å². The van der Waals surface area contributed by atoms with Crippen molar-refractivity contribution in [3.63, 3.8) is 0 Å². The van der Waals surface area contributed by atoms with Crippen LogP contribution >= 0.6 is 11.6 Å². The third-order valence-electron chi connectivity index (χ3n) is 2.36. The van der Waals surface area contributed by atoms with Crippen LogP contribution < -0.4 is 0 Å². The van der Waals surface area contributed by atoms with Crippen molar-refractivity contribution in [2.24, 2.45) is 0 Å². The Kier molecular flexibility index (Phi) is 3.49. The molecule has 2 aromatic rings. The molecule has 2 rings (SSSR count). The molecule has 0 saturated heterocycles. The van der Waals surface area contributed by atoms with Gasteiger partial charge in [-0.15, -0.1) is 0 Å². The minimum Gasteiger partial charge on any atom is -0.388 e. The first-order valence-corrected chi connectivity index (χ1v) is 5.33. The molecule has 0 aliphatic rings. The molecule has 16 heavy (non-hydrogen) atoms. The van der Waals surface area contributed by atoms with Crippen LogP contribution in [0.15, 0.2) is 42.7 Å². The van der Waals surface area contributed by atoms with Crippen LogP contribution in [0, 0.1) is 0 Å². The predicted octanol–water partition coefficient (Wildman–Crippen LogP) is 2.41. The van der Waals surface area contributed by atoms with Gasteiger partial charge in [0.15, 0.2) is 0 Å². The Balaban J connectivity index is 2.14. The monoisotopic (exact) mass is 234 g/mol. The lowest BCUT2D eigenvalue weighted by Crippen LogP contribution is -2.03. The van der Waals surface area contributed by atoms with Gasteiger partial charge in [-0.25, -0.2) is 0 Å². The molecule has 0 aliphatic heterocycles. The van der Waals surface area contributed by atoms with Crippen molar-refractivity contribution in [3.05, 3.63) is 58.9 Å². The Labute approximate surface area is 98.7 Å². The van der Waals surface area contributed by atoms with E-state index < -0.39 is 6.10 Å². The van der Waals surface area contributed by atoms with Crippen LogP contribution in [0.2, 0.25) is 5.02 Å². The van der Waals surface area contributed by atoms with Gasteiger partial charge in [0.25, 0.3) is 0 Å². The molecule has 82 valence electrons. The van der Waals surface area contributed by atoms with Crippen LogP contribution in [-0.4, -0.2) is 15.3 Å². The molecule has 1 heterocycles. The number of rotatable bonds is 3. The van der Waals surface area contributed by atoms with Gasteiger partial charge in [-0.3, -0.25) is 0 Å². The zero-order valence-corrected chi connectivity index (χ0v) is 9.30. The van der Waals surface area contributed by atoms with Crippen molar-refractivity contribution in [1.29, 1.82) is 0 Å². The van der Waals surface area contributed by atoms with E-state index in [2.05, 4.69) is 10.2 Å². The van der Waals surface area contributed by atoms with Gasteiger partial charge in [0.2, 0.25) is 0 Å². The number of aliphatic hydroxyl groups is 1. The second-order valence-electron chi connectivity index (χ2n) is 3.49. The van der Waals surface area contributed by atoms with E-state index in [4.69, 9.17) is 11.6 Å². The Morgan fingerprint density at radius 1 is 1.19 bits per heavy atom. The summed E-state index contributed by atoms with van der Waals surface area (Å²) in [5.74, 6) is 0. The van der Waals surface area contributed by atoms with Crippen LogP contribution in [-0.2, 0) is 6.42 Å². The third-order valence-corrected chi connectivity index (χ3v) is 2.73. The Bertz CT molecular complexity index is 462. The molecular weight excluding hydrogens is 224 g/mol. The van der Waals surface area contributed by atoms with Crippen molar-refractivity contribution in [2.75, 3.05) is 0 Å². The molecule has 1 atom stereocenters. The maximum atomic E-state index is 9.97. The zero-order valence-electron chi connectivity index (χ0n) is 8.55. The molecule has 0 aliphatic carbocycles. The summed E-state index contributed by atoms with van der Waals surface area (Å²) < 4.78 is 0. The smallest absolute Gasteiger partial charge is 0.0846 e. The third kappa shape index (κ3) is 2.56. The van der Waals surface area contributed by atoms with Crippen LogP contribution in [0.1, 0.15) is 17.2 Å². The maximum Gasteiger partial charge on any atom is 0.0846 e. The summed E-state index contributed by atoms with van der Waals surface area (Å²) in [6, 6.07) is 9.23. The highest BCUT2D eigenvalue weighted by molar-refractivity contribution is 6.31. The number of aliphatic hydroxyl groups excluding tert-OH is 1. The standard InChI is InChI=1S/C12H11ClN2O/c13-11-4-2-1-3-9(11)7-12(16)10-5-6-14-15-8-10/h1-6,8,12,16H,7H2. The summed E-state index contributed by atoms with van der Waals surface area (Å²) in [6.45, 7) is 0. The molecule has 0 fully saturated rings. The predicted molar refractivity (Wildman–Crippen MR) is 62.1 cm³/mol. The van der Waals surface area contributed by atoms with E-state index >= 15 is 0 Å². The fourth-order valence-electron chi connectivity index (χ4n) is 1.49. The van der Waals surface area contributed by atoms with Gasteiger partial charge in [0.1, 0.15) is 0 Å². The van der Waals surface area contributed by atoms with Crippen molar-refractivity contribution < 1.29 is 5.11 Å². The Hall–Kier alpha value is -1.45. The normalized spacial score (nSPS) is 12.4. The largest absolute Gasteiger partial charge is 0.388 e. The summed E-state index contributed by atoms with van der Waals surface area (Å²) in [4.78, 5) is 0. The van der Waals surface area contributed by atoms with Gasteiger partial charge in [-0.2, -0.15) is 10.2 Å². The maximum absolute atomic E-state index is 9.97. The first kappa shape index (κ1) is 11.0. The van der Waals surface area contributed by atoms with E-state index in [1.165, 1.54) is 0 Å². The molecule has 0 bridgehead atoms. The van der Waals surface area contributed by atoms with Gasteiger partial charge >= 0.3 is 0 Å². The first-order chi connectivity index (χ1) is 7.77. The van der Waals surface area contributed by atoms with Gasteiger partial charge < -0.3 is 5.11 Å². The molecular formula is C12H11ClN2O. The SMILES string of the molecule is OC(Cc1ccccc1Cl)c1ccnnc1. The Morgan fingerprint density at radius 2 is 2.00 bits per heavy atom. The van der Waals surface area contributed by atoms with Crippen LogP contribution in [0.4, 0.5) is 0 Å². The topological polar surface area (TPSA) is 46.0 Å². The number of aromatic nitrogens is 2. The van der Waals surface area contributed by atoms with Gasteiger partial charge in [-0.05, 0) is 17.7 Å². The molecule has 3 nitrogen and oxygen atoms in total. The van der Waals surface area contributed by atoms with Crippen LogP contribution in [0.25, 0.3) is 0 Å². The highest BCUT2D eigenvalue weighted by Crippen LogP contribution is 2.22. The molecule has 1 aromatic heterocycles. The summed E-state index contributed by atoms with van der Waals surface area (Å²) in [6.07, 6.45) is 2.99. The lowest BCUT2D eigenvalue weighted by atomic mass is 10.0. The second kappa shape index (κ2) is 5.05. The van der Waals surface area contributed by atoms with Crippen LogP contribution in [0.5, 0.6) is 0 Å². The molecule has 0 amide bonds. The highest BCUT2D eigenvalue weighted by Gasteiger charge is 2.10. The minimum atomic E-state index is -0.601. The molecule has 1 unspecified atom stereocenters. The van der Waals surface area contributed by atoms with E-state index in [-0.39, 0.29) is 0 Å². The molecule has 0 saturated carbocycles. The van der Waals surface area contributed by atoms with Gasteiger partial charge in [-0.1, -0.05) is 29.8 Å². The molecule has 0 radical (unpaired) electrons. The number of halogens is 1. The zero-order chi connectivity index (χ0) is 11.4. The summed E-state index contributed by atoms with van der Waals surface area (Å²) >= 11 is 6.02. The summed E-state index contributed by atoms with van der Waals surface area (Å²) in [7, 11) is 0. The van der Waals surface area contributed by atoms with E-state index in [1.54, 1.807) is 18.5 Å². The molecule has 1 N–H and O–H groups in total. The number of nitrogens with zero attached hydrogens (tertiary/aromatic N) is 2.